The summed E-state index contributed by atoms with van der Waals surface area (Å²) in [5.41, 5.74) is 1.65. The maximum atomic E-state index is 12.3. The van der Waals surface area contributed by atoms with Crippen molar-refractivity contribution in [3.05, 3.63) is 46.3 Å². The third kappa shape index (κ3) is 3.65. The Morgan fingerprint density at radius 3 is 2.68 bits per heavy atom. The van der Waals surface area contributed by atoms with Crippen LogP contribution in [0.1, 0.15) is 20.8 Å². The molecule has 0 atom stereocenters. The van der Waals surface area contributed by atoms with E-state index in [0.29, 0.717) is 17.9 Å². The van der Waals surface area contributed by atoms with Gasteiger partial charge in [0.25, 0.3) is 10.0 Å². The van der Waals surface area contributed by atoms with Crippen molar-refractivity contribution in [3.63, 3.8) is 0 Å². The van der Waals surface area contributed by atoms with Gasteiger partial charge in [0.1, 0.15) is 9.09 Å². The van der Waals surface area contributed by atoms with Crippen LogP contribution in [0.5, 0.6) is 0 Å². The average molecular weight is 341 g/mol. The fraction of sp³-hybridized carbons (Fsp3) is 0.214. The number of aryl methyl sites for hydroxylation is 1. The number of hydrogen-bond acceptors (Lipinski definition) is 5. The summed E-state index contributed by atoms with van der Waals surface area (Å²) in [5.74, 6) is -1.13. The SMILES string of the molecule is COCc1cccc(NS(=O)(=O)c2cc(C)c(C(=O)O)s2)c1. The summed E-state index contributed by atoms with van der Waals surface area (Å²) in [6.07, 6.45) is 0. The lowest BCUT2D eigenvalue weighted by molar-refractivity contribution is 0.0701. The first kappa shape index (κ1) is 16.5. The molecular formula is C14H15NO5S2. The normalized spacial score (nSPS) is 11.4. The van der Waals surface area contributed by atoms with Crippen molar-refractivity contribution in [1.82, 2.24) is 0 Å². The van der Waals surface area contributed by atoms with Crippen LogP contribution in [0.3, 0.4) is 0 Å². The number of benzene rings is 1. The fourth-order valence-corrected chi connectivity index (χ4v) is 4.32. The number of rotatable bonds is 6. The molecule has 8 heteroatoms. The first-order valence-corrected chi connectivity index (χ1v) is 8.58. The molecule has 118 valence electrons. The molecule has 0 fully saturated rings. The van der Waals surface area contributed by atoms with Crippen LogP contribution in [0.25, 0.3) is 0 Å². The Morgan fingerprint density at radius 2 is 2.09 bits per heavy atom. The van der Waals surface area contributed by atoms with Gasteiger partial charge >= 0.3 is 5.97 Å². The van der Waals surface area contributed by atoms with E-state index in [9.17, 15) is 13.2 Å². The van der Waals surface area contributed by atoms with E-state index in [1.54, 1.807) is 32.2 Å². The van der Waals surface area contributed by atoms with Crippen LogP contribution in [0.4, 0.5) is 5.69 Å². The van der Waals surface area contributed by atoms with E-state index in [1.165, 1.54) is 6.07 Å². The average Bonchev–Trinajstić information content (AvgIpc) is 2.82. The van der Waals surface area contributed by atoms with Gasteiger partial charge in [0.05, 0.1) is 6.61 Å². The molecule has 0 spiro atoms. The van der Waals surface area contributed by atoms with Crippen LogP contribution < -0.4 is 4.72 Å². The van der Waals surface area contributed by atoms with Crippen molar-refractivity contribution >= 4 is 33.0 Å². The van der Waals surface area contributed by atoms with E-state index in [2.05, 4.69) is 4.72 Å². The molecule has 22 heavy (non-hydrogen) atoms. The van der Waals surface area contributed by atoms with E-state index in [4.69, 9.17) is 9.84 Å². The van der Waals surface area contributed by atoms with Crippen LogP contribution in [-0.2, 0) is 21.4 Å². The van der Waals surface area contributed by atoms with Gasteiger partial charge in [0.15, 0.2) is 0 Å². The molecule has 1 heterocycles. The van der Waals surface area contributed by atoms with Crippen molar-refractivity contribution in [1.29, 1.82) is 0 Å². The zero-order valence-electron chi connectivity index (χ0n) is 12.0. The second-order valence-electron chi connectivity index (χ2n) is 4.62. The minimum Gasteiger partial charge on any atom is -0.477 e. The molecule has 0 saturated heterocycles. The maximum Gasteiger partial charge on any atom is 0.346 e. The van der Waals surface area contributed by atoms with E-state index >= 15 is 0 Å². The van der Waals surface area contributed by atoms with E-state index in [1.807, 2.05) is 6.07 Å². The summed E-state index contributed by atoms with van der Waals surface area (Å²) in [6, 6.07) is 8.18. The lowest BCUT2D eigenvalue weighted by atomic mass is 10.2. The number of methoxy groups -OCH3 is 1. The zero-order chi connectivity index (χ0) is 16.3. The first-order valence-electron chi connectivity index (χ1n) is 6.28. The third-order valence-electron chi connectivity index (χ3n) is 2.84. The van der Waals surface area contributed by atoms with Gasteiger partial charge in [0, 0.05) is 12.8 Å². The summed E-state index contributed by atoms with van der Waals surface area (Å²) in [7, 11) is -2.26. The monoisotopic (exact) mass is 341 g/mol. The number of carbonyl (C=O) groups is 1. The third-order valence-corrected chi connectivity index (χ3v) is 5.92. The minimum atomic E-state index is -3.82. The topological polar surface area (TPSA) is 92.7 Å². The molecule has 0 aliphatic carbocycles. The second kappa shape index (κ2) is 6.47. The molecule has 0 saturated carbocycles. The standard InChI is InChI=1S/C14H15NO5S2/c1-9-6-12(21-13(9)14(16)17)22(18,19)15-11-5-3-4-10(7-11)8-20-2/h3-7,15H,8H2,1-2H3,(H,16,17). The van der Waals surface area contributed by atoms with Gasteiger partial charge in [-0.15, -0.1) is 11.3 Å². The Morgan fingerprint density at radius 1 is 1.36 bits per heavy atom. The second-order valence-corrected chi connectivity index (χ2v) is 7.58. The van der Waals surface area contributed by atoms with Crippen molar-refractivity contribution in [3.8, 4) is 0 Å². The lowest BCUT2D eigenvalue weighted by Gasteiger charge is -2.07. The van der Waals surface area contributed by atoms with Crippen LogP contribution >= 0.6 is 11.3 Å². The van der Waals surface area contributed by atoms with Gasteiger partial charge in [-0.3, -0.25) is 4.72 Å². The Labute approximate surface area is 132 Å². The Kier molecular flexibility index (Phi) is 4.84. The van der Waals surface area contributed by atoms with Crippen molar-refractivity contribution < 1.29 is 23.1 Å². The number of hydrogen-bond donors (Lipinski definition) is 2. The Bertz CT molecular complexity index is 795. The lowest BCUT2D eigenvalue weighted by Crippen LogP contribution is -2.11. The predicted octanol–water partition coefficient (Wildman–Crippen LogP) is 2.70. The van der Waals surface area contributed by atoms with Gasteiger partial charge in [-0.25, -0.2) is 13.2 Å². The molecule has 1 aromatic heterocycles. The summed E-state index contributed by atoms with van der Waals surface area (Å²) in [5, 5.41) is 9.01. The zero-order valence-corrected chi connectivity index (χ0v) is 13.6. The van der Waals surface area contributed by atoms with Gasteiger partial charge < -0.3 is 9.84 Å². The molecule has 2 aromatic rings. The van der Waals surface area contributed by atoms with Crippen LogP contribution in [0.2, 0.25) is 0 Å². The van der Waals surface area contributed by atoms with Gasteiger partial charge in [-0.05, 0) is 36.2 Å². The van der Waals surface area contributed by atoms with Crippen LogP contribution in [0, 0.1) is 6.92 Å². The van der Waals surface area contributed by atoms with Gasteiger partial charge in [-0.1, -0.05) is 12.1 Å². The number of carboxylic acid groups (broad SMARTS) is 1. The quantitative estimate of drug-likeness (QED) is 0.843. The number of anilines is 1. The molecule has 0 amide bonds. The van der Waals surface area contributed by atoms with E-state index in [0.717, 1.165) is 16.9 Å². The number of ether oxygens (including phenoxy) is 1. The van der Waals surface area contributed by atoms with E-state index < -0.39 is 16.0 Å². The van der Waals surface area contributed by atoms with Crippen molar-refractivity contribution in [2.45, 2.75) is 17.7 Å². The summed E-state index contributed by atoms with van der Waals surface area (Å²) >= 11 is 0.734. The molecule has 0 aliphatic rings. The van der Waals surface area contributed by atoms with E-state index in [-0.39, 0.29) is 9.09 Å². The molecule has 2 rings (SSSR count). The van der Waals surface area contributed by atoms with Crippen LogP contribution in [-0.4, -0.2) is 26.6 Å². The van der Waals surface area contributed by atoms with Gasteiger partial charge in [-0.2, -0.15) is 0 Å². The molecule has 0 radical (unpaired) electrons. The number of carboxylic acids is 1. The highest BCUT2D eigenvalue weighted by Crippen LogP contribution is 2.27. The van der Waals surface area contributed by atoms with Gasteiger partial charge in [0.2, 0.25) is 0 Å². The number of sulfonamides is 1. The largest absolute Gasteiger partial charge is 0.477 e. The van der Waals surface area contributed by atoms with Crippen molar-refractivity contribution in [2.75, 3.05) is 11.8 Å². The summed E-state index contributed by atoms with van der Waals surface area (Å²) in [4.78, 5) is 11.0. The van der Waals surface area contributed by atoms with Crippen molar-refractivity contribution in [2.24, 2.45) is 0 Å². The Hall–Kier alpha value is -1.90. The first-order chi connectivity index (χ1) is 10.3. The number of nitrogens with one attached hydrogen (secondary N) is 1. The predicted molar refractivity (Wildman–Crippen MR) is 84.0 cm³/mol. The molecule has 1 aromatic carbocycles. The maximum absolute atomic E-state index is 12.3. The highest BCUT2D eigenvalue weighted by Gasteiger charge is 2.21. The van der Waals surface area contributed by atoms with Crippen LogP contribution in [0.15, 0.2) is 34.5 Å². The highest BCUT2D eigenvalue weighted by atomic mass is 32.2. The fourth-order valence-electron chi connectivity index (χ4n) is 1.89. The molecule has 0 bridgehead atoms. The molecule has 6 nitrogen and oxygen atoms in total. The molecule has 0 unspecified atom stereocenters. The molecule has 0 aliphatic heterocycles. The summed E-state index contributed by atoms with van der Waals surface area (Å²) in [6.45, 7) is 1.94. The Balaban J connectivity index is 2.29. The number of thiophene rings is 1. The number of aromatic carboxylic acids is 1. The highest BCUT2D eigenvalue weighted by molar-refractivity contribution is 7.94. The summed E-state index contributed by atoms with van der Waals surface area (Å²) < 4.78 is 32.1. The minimum absolute atomic E-state index is 0.0218. The smallest absolute Gasteiger partial charge is 0.346 e. The molecular weight excluding hydrogens is 326 g/mol. The molecule has 2 N–H and O–H groups in total.